The number of ether oxygens (including phenoxy) is 1. The van der Waals surface area contributed by atoms with Gasteiger partial charge in [-0.15, -0.1) is 12.4 Å². The van der Waals surface area contributed by atoms with Crippen LogP contribution in [-0.2, 0) is 6.54 Å². The van der Waals surface area contributed by atoms with Gasteiger partial charge in [0, 0.05) is 12.6 Å². The van der Waals surface area contributed by atoms with E-state index in [1.807, 2.05) is 42.5 Å². The summed E-state index contributed by atoms with van der Waals surface area (Å²) in [6.07, 6.45) is 1.14. The first-order valence-electron chi connectivity index (χ1n) is 6.83. The molecule has 108 valence electrons. The minimum atomic E-state index is 0. The first-order valence-corrected chi connectivity index (χ1v) is 6.83. The van der Waals surface area contributed by atoms with Crippen LogP contribution in [0.5, 0.6) is 11.5 Å². The van der Waals surface area contributed by atoms with Crippen LogP contribution in [0.2, 0.25) is 0 Å². The van der Waals surface area contributed by atoms with Gasteiger partial charge < -0.3 is 10.1 Å². The lowest BCUT2D eigenvalue weighted by atomic mass is 10.2. The number of rotatable bonds is 6. The number of hydrogen-bond donors (Lipinski definition) is 1. The second kappa shape index (κ2) is 8.62. The van der Waals surface area contributed by atoms with Crippen LogP contribution in [0, 0.1) is 0 Å². The summed E-state index contributed by atoms with van der Waals surface area (Å²) in [6, 6.07) is 18.6. The normalized spacial score (nSPS) is 11.5. The quantitative estimate of drug-likeness (QED) is 0.826. The van der Waals surface area contributed by atoms with E-state index in [2.05, 4.69) is 31.3 Å². The maximum atomic E-state index is 5.82. The van der Waals surface area contributed by atoms with Gasteiger partial charge in [-0.3, -0.25) is 0 Å². The highest BCUT2D eigenvalue weighted by molar-refractivity contribution is 5.85. The van der Waals surface area contributed by atoms with Crippen LogP contribution in [0.15, 0.2) is 54.6 Å². The van der Waals surface area contributed by atoms with Gasteiger partial charge in [0.1, 0.15) is 11.5 Å². The van der Waals surface area contributed by atoms with Crippen molar-refractivity contribution in [1.29, 1.82) is 0 Å². The molecule has 0 saturated heterocycles. The molecule has 0 bridgehead atoms. The molecular weight excluding hydrogens is 270 g/mol. The molecule has 0 fully saturated rings. The molecule has 0 radical (unpaired) electrons. The lowest BCUT2D eigenvalue weighted by molar-refractivity contribution is 0.480. The van der Waals surface area contributed by atoms with Crippen LogP contribution in [-0.4, -0.2) is 6.04 Å². The van der Waals surface area contributed by atoms with E-state index in [1.165, 1.54) is 5.56 Å². The van der Waals surface area contributed by atoms with E-state index >= 15 is 0 Å². The number of nitrogens with one attached hydrogen (secondary N) is 1. The molecule has 0 spiro atoms. The summed E-state index contributed by atoms with van der Waals surface area (Å²) >= 11 is 0. The summed E-state index contributed by atoms with van der Waals surface area (Å²) < 4.78 is 5.82. The average molecular weight is 292 g/mol. The number of hydrogen-bond acceptors (Lipinski definition) is 2. The van der Waals surface area contributed by atoms with Gasteiger partial charge in [-0.1, -0.05) is 37.3 Å². The molecule has 0 aliphatic carbocycles. The fourth-order valence-electron chi connectivity index (χ4n) is 1.78. The molecule has 1 N–H and O–H groups in total. The van der Waals surface area contributed by atoms with E-state index in [0.717, 1.165) is 24.5 Å². The Balaban J connectivity index is 0.00000200. The van der Waals surface area contributed by atoms with Crippen LogP contribution in [0.4, 0.5) is 0 Å². The smallest absolute Gasteiger partial charge is 0.127 e. The van der Waals surface area contributed by atoms with E-state index in [0.29, 0.717) is 6.04 Å². The van der Waals surface area contributed by atoms with Gasteiger partial charge in [0.2, 0.25) is 0 Å². The summed E-state index contributed by atoms with van der Waals surface area (Å²) in [7, 11) is 0. The van der Waals surface area contributed by atoms with Gasteiger partial charge in [-0.2, -0.15) is 0 Å². The van der Waals surface area contributed by atoms with Crippen molar-refractivity contribution in [3.63, 3.8) is 0 Å². The zero-order valence-electron chi connectivity index (χ0n) is 12.0. The summed E-state index contributed by atoms with van der Waals surface area (Å²) in [6.45, 7) is 5.26. The molecule has 1 atom stereocenters. The Morgan fingerprint density at radius 1 is 1.00 bits per heavy atom. The fourth-order valence-corrected chi connectivity index (χ4v) is 1.78. The predicted octanol–water partition coefficient (Wildman–Crippen LogP) is 4.79. The van der Waals surface area contributed by atoms with Crippen molar-refractivity contribution in [2.45, 2.75) is 32.9 Å². The Morgan fingerprint density at radius 2 is 1.70 bits per heavy atom. The molecule has 0 amide bonds. The van der Waals surface area contributed by atoms with Crippen molar-refractivity contribution < 1.29 is 4.74 Å². The lowest BCUT2D eigenvalue weighted by Gasteiger charge is -2.12. The van der Waals surface area contributed by atoms with Crippen LogP contribution in [0.3, 0.4) is 0 Å². The van der Waals surface area contributed by atoms with Crippen LogP contribution >= 0.6 is 12.4 Å². The standard InChI is InChI=1S/C17H21NO.ClH/c1-3-14(2)18-13-15-8-7-11-17(12-15)19-16-9-5-4-6-10-16;/h4-12,14,18H,3,13H2,1-2H3;1H. The Hall–Kier alpha value is -1.51. The Bertz CT molecular complexity index is 501. The van der Waals surface area contributed by atoms with E-state index in [9.17, 15) is 0 Å². The van der Waals surface area contributed by atoms with Crippen molar-refractivity contribution in [1.82, 2.24) is 5.32 Å². The minimum Gasteiger partial charge on any atom is -0.457 e. The van der Waals surface area contributed by atoms with Crippen LogP contribution < -0.4 is 10.1 Å². The van der Waals surface area contributed by atoms with Crippen LogP contribution in [0.1, 0.15) is 25.8 Å². The molecule has 0 heterocycles. The van der Waals surface area contributed by atoms with Gasteiger partial charge in [0.05, 0.1) is 0 Å². The second-order valence-corrected chi connectivity index (χ2v) is 4.75. The highest BCUT2D eigenvalue weighted by Gasteiger charge is 2.01. The molecule has 3 heteroatoms. The van der Waals surface area contributed by atoms with E-state index in [1.54, 1.807) is 0 Å². The van der Waals surface area contributed by atoms with Crippen molar-refractivity contribution in [3.8, 4) is 11.5 Å². The van der Waals surface area contributed by atoms with E-state index in [4.69, 9.17) is 4.74 Å². The Morgan fingerprint density at radius 3 is 2.40 bits per heavy atom. The zero-order chi connectivity index (χ0) is 13.5. The monoisotopic (exact) mass is 291 g/mol. The molecular formula is C17H22ClNO. The van der Waals surface area contributed by atoms with Gasteiger partial charge in [-0.05, 0) is 43.2 Å². The van der Waals surface area contributed by atoms with Gasteiger partial charge in [-0.25, -0.2) is 0 Å². The third kappa shape index (κ3) is 5.24. The maximum Gasteiger partial charge on any atom is 0.127 e. The molecule has 0 aliphatic heterocycles. The summed E-state index contributed by atoms with van der Waals surface area (Å²) in [5, 5.41) is 3.48. The zero-order valence-corrected chi connectivity index (χ0v) is 12.8. The molecule has 2 aromatic rings. The van der Waals surface area contributed by atoms with E-state index in [-0.39, 0.29) is 12.4 Å². The first kappa shape index (κ1) is 16.5. The summed E-state index contributed by atoms with van der Waals surface area (Å²) in [5.41, 5.74) is 1.24. The molecule has 0 aliphatic rings. The Kier molecular flexibility index (Phi) is 7.13. The summed E-state index contributed by atoms with van der Waals surface area (Å²) in [5.74, 6) is 1.75. The van der Waals surface area contributed by atoms with Gasteiger partial charge in [0.25, 0.3) is 0 Å². The number of para-hydroxylation sites is 1. The topological polar surface area (TPSA) is 21.3 Å². The molecule has 2 aromatic carbocycles. The molecule has 2 rings (SSSR count). The maximum absolute atomic E-state index is 5.82. The molecule has 2 nitrogen and oxygen atoms in total. The minimum absolute atomic E-state index is 0. The third-order valence-corrected chi connectivity index (χ3v) is 3.14. The molecule has 20 heavy (non-hydrogen) atoms. The van der Waals surface area contributed by atoms with Gasteiger partial charge >= 0.3 is 0 Å². The predicted molar refractivity (Wildman–Crippen MR) is 86.8 cm³/mol. The second-order valence-electron chi connectivity index (χ2n) is 4.75. The van der Waals surface area contributed by atoms with Crippen molar-refractivity contribution in [2.75, 3.05) is 0 Å². The molecule has 1 unspecified atom stereocenters. The number of halogens is 1. The first-order chi connectivity index (χ1) is 9.28. The molecule has 0 saturated carbocycles. The lowest BCUT2D eigenvalue weighted by Crippen LogP contribution is -2.24. The number of benzene rings is 2. The highest BCUT2D eigenvalue weighted by atomic mass is 35.5. The van der Waals surface area contributed by atoms with Crippen molar-refractivity contribution in [3.05, 3.63) is 60.2 Å². The SMILES string of the molecule is CCC(C)NCc1cccc(Oc2ccccc2)c1.Cl. The Labute approximate surface area is 127 Å². The van der Waals surface area contributed by atoms with Gasteiger partial charge in [0.15, 0.2) is 0 Å². The molecule has 0 aromatic heterocycles. The third-order valence-electron chi connectivity index (χ3n) is 3.14. The highest BCUT2D eigenvalue weighted by Crippen LogP contribution is 2.21. The van der Waals surface area contributed by atoms with Crippen molar-refractivity contribution >= 4 is 12.4 Å². The van der Waals surface area contributed by atoms with Crippen LogP contribution in [0.25, 0.3) is 0 Å². The van der Waals surface area contributed by atoms with Crippen molar-refractivity contribution in [2.24, 2.45) is 0 Å². The van der Waals surface area contributed by atoms with E-state index < -0.39 is 0 Å². The average Bonchev–Trinajstić information content (AvgIpc) is 2.46. The largest absolute Gasteiger partial charge is 0.457 e. The fraction of sp³-hybridized carbons (Fsp3) is 0.294. The summed E-state index contributed by atoms with van der Waals surface area (Å²) in [4.78, 5) is 0.